The van der Waals surface area contributed by atoms with Crippen LogP contribution in [0.15, 0.2) is 46.0 Å². The molecule has 0 saturated carbocycles. The molecule has 0 amide bonds. The number of alkyl halides is 3. The lowest BCUT2D eigenvalue weighted by Crippen LogP contribution is -2.03. The predicted octanol–water partition coefficient (Wildman–Crippen LogP) is 5.05. The molecule has 1 N–H and O–H groups in total. The third kappa shape index (κ3) is 4.97. The number of thioether (sulfide) groups is 1. The molecule has 3 rings (SSSR count). The molecule has 0 aliphatic heterocycles. The SMILES string of the molecule is COc1cc(C#N)ccc1NCC#Cc1nc2c(Br)cccn2c1SC(F)(F)F. The van der Waals surface area contributed by atoms with Crippen LogP contribution in [0.25, 0.3) is 5.65 Å². The number of nitriles is 1. The molecule has 3 aromatic rings. The van der Waals surface area contributed by atoms with Crippen molar-refractivity contribution in [3.8, 4) is 23.7 Å². The molecule has 0 atom stereocenters. The molecular weight excluding hydrogens is 469 g/mol. The molecule has 148 valence electrons. The molecule has 0 spiro atoms. The lowest BCUT2D eigenvalue weighted by molar-refractivity contribution is -0.0329. The molecular formula is C19H12BrF3N4OS. The Labute approximate surface area is 177 Å². The number of methoxy groups -OCH3 is 1. The minimum atomic E-state index is -4.47. The Hall–Kier alpha value is -2.82. The lowest BCUT2D eigenvalue weighted by Gasteiger charge is -2.09. The zero-order valence-corrected chi connectivity index (χ0v) is 17.2. The second-order valence-corrected chi connectivity index (χ2v) is 7.45. The molecule has 29 heavy (non-hydrogen) atoms. The topological polar surface area (TPSA) is 62.3 Å². The number of hydrogen-bond acceptors (Lipinski definition) is 5. The van der Waals surface area contributed by atoms with E-state index in [0.717, 1.165) is 0 Å². The average molecular weight is 481 g/mol. The largest absolute Gasteiger partial charge is 0.495 e. The van der Waals surface area contributed by atoms with E-state index in [2.05, 4.69) is 38.1 Å². The first kappa shape index (κ1) is 20.9. The maximum atomic E-state index is 13.0. The van der Waals surface area contributed by atoms with E-state index in [1.54, 1.807) is 30.3 Å². The van der Waals surface area contributed by atoms with Crippen molar-refractivity contribution in [2.45, 2.75) is 10.5 Å². The van der Waals surface area contributed by atoms with Crippen molar-refractivity contribution in [3.63, 3.8) is 0 Å². The number of rotatable bonds is 4. The number of nitrogens with one attached hydrogen (secondary N) is 1. The standard InChI is InChI=1S/C19H12BrF3N4OS/c1-28-16-10-12(11-24)6-7-14(16)25-8-2-5-15-18(29-19(21,22)23)27-9-3-4-13(20)17(27)26-15/h3-4,6-7,9-10,25H,8H2,1H3. The molecule has 5 nitrogen and oxygen atoms in total. The lowest BCUT2D eigenvalue weighted by atomic mass is 10.2. The molecule has 2 aromatic heterocycles. The van der Waals surface area contributed by atoms with Gasteiger partial charge in [-0.3, -0.25) is 4.40 Å². The summed E-state index contributed by atoms with van der Waals surface area (Å²) < 4.78 is 46.1. The van der Waals surface area contributed by atoms with Gasteiger partial charge in [0, 0.05) is 24.0 Å². The van der Waals surface area contributed by atoms with E-state index in [1.807, 2.05) is 6.07 Å². The van der Waals surface area contributed by atoms with E-state index in [4.69, 9.17) is 10.00 Å². The number of ether oxygens (including phenoxy) is 1. The smallest absolute Gasteiger partial charge is 0.447 e. The predicted molar refractivity (Wildman–Crippen MR) is 108 cm³/mol. The molecule has 0 radical (unpaired) electrons. The van der Waals surface area contributed by atoms with Crippen LogP contribution >= 0.6 is 27.7 Å². The summed E-state index contributed by atoms with van der Waals surface area (Å²) >= 11 is 3.04. The van der Waals surface area contributed by atoms with Crippen molar-refractivity contribution >= 4 is 39.0 Å². The Bertz CT molecular complexity index is 1160. The van der Waals surface area contributed by atoms with Crippen LogP contribution in [0.2, 0.25) is 0 Å². The molecule has 0 unspecified atom stereocenters. The van der Waals surface area contributed by atoms with Gasteiger partial charge in [-0.1, -0.05) is 5.92 Å². The first-order valence-corrected chi connectivity index (χ1v) is 9.66. The van der Waals surface area contributed by atoms with Crippen molar-refractivity contribution in [1.82, 2.24) is 9.38 Å². The molecule has 10 heteroatoms. The molecule has 0 aliphatic rings. The fourth-order valence-electron chi connectivity index (χ4n) is 2.48. The fraction of sp³-hybridized carbons (Fsp3) is 0.158. The zero-order valence-electron chi connectivity index (χ0n) is 14.8. The normalized spacial score (nSPS) is 10.9. The summed E-state index contributed by atoms with van der Waals surface area (Å²) in [6, 6.07) is 10.2. The van der Waals surface area contributed by atoms with Crippen LogP contribution in [0.4, 0.5) is 18.9 Å². The van der Waals surface area contributed by atoms with Gasteiger partial charge in [-0.15, -0.1) is 0 Å². The van der Waals surface area contributed by atoms with Gasteiger partial charge in [0.1, 0.15) is 16.5 Å². The van der Waals surface area contributed by atoms with E-state index in [0.29, 0.717) is 27.1 Å². The van der Waals surface area contributed by atoms with E-state index >= 15 is 0 Å². The van der Waals surface area contributed by atoms with E-state index < -0.39 is 5.51 Å². The molecule has 0 bridgehead atoms. The summed E-state index contributed by atoms with van der Waals surface area (Å²) in [5.41, 5.74) is -3.02. The Kier molecular flexibility index (Phi) is 6.26. The maximum absolute atomic E-state index is 13.0. The number of aromatic nitrogens is 2. The minimum absolute atomic E-state index is 0.0350. The highest BCUT2D eigenvalue weighted by Gasteiger charge is 2.33. The second kappa shape index (κ2) is 8.68. The van der Waals surface area contributed by atoms with Crippen LogP contribution in [0.1, 0.15) is 11.3 Å². The summed E-state index contributed by atoms with van der Waals surface area (Å²) in [6.07, 6.45) is 1.51. The Morgan fingerprint density at radius 1 is 1.34 bits per heavy atom. The molecule has 0 fully saturated rings. The Morgan fingerprint density at radius 2 is 2.14 bits per heavy atom. The van der Waals surface area contributed by atoms with Gasteiger partial charge in [-0.05, 0) is 46.1 Å². The number of imidazole rings is 1. The molecule has 0 aliphatic carbocycles. The molecule has 1 aromatic carbocycles. The van der Waals surface area contributed by atoms with E-state index in [-0.39, 0.29) is 29.0 Å². The van der Waals surface area contributed by atoms with Crippen molar-refractivity contribution < 1.29 is 17.9 Å². The highest BCUT2D eigenvalue weighted by molar-refractivity contribution is 9.10. The van der Waals surface area contributed by atoms with Gasteiger partial charge in [-0.25, -0.2) is 4.98 Å². The first-order chi connectivity index (χ1) is 13.8. The summed E-state index contributed by atoms with van der Waals surface area (Å²) in [7, 11) is 1.47. The van der Waals surface area contributed by atoms with Crippen LogP contribution in [0, 0.1) is 23.2 Å². The van der Waals surface area contributed by atoms with E-state index in [1.165, 1.54) is 17.7 Å². The number of pyridine rings is 1. The highest BCUT2D eigenvalue weighted by Crippen LogP contribution is 2.39. The number of halogens is 4. The van der Waals surface area contributed by atoms with Crippen LogP contribution in [-0.2, 0) is 0 Å². The second-order valence-electron chi connectivity index (χ2n) is 5.55. The Morgan fingerprint density at radius 3 is 2.83 bits per heavy atom. The molecule has 2 heterocycles. The maximum Gasteiger partial charge on any atom is 0.447 e. The van der Waals surface area contributed by atoms with Gasteiger partial charge in [0.05, 0.1) is 35.4 Å². The summed E-state index contributed by atoms with van der Waals surface area (Å²) in [5, 5.41) is 11.8. The third-order valence-corrected chi connectivity index (χ3v) is 5.11. The van der Waals surface area contributed by atoms with Gasteiger partial charge in [0.25, 0.3) is 0 Å². The van der Waals surface area contributed by atoms with Gasteiger partial charge >= 0.3 is 5.51 Å². The number of fused-ring (bicyclic) bond motifs is 1. The van der Waals surface area contributed by atoms with Gasteiger partial charge < -0.3 is 10.1 Å². The average Bonchev–Trinajstić information content (AvgIpc) is 3.02. The summed E-state index contributed by atoms with van der Waals surface area (Å²) in [5.74, 6) is 5.96. The number of nitrogens with zero attached hydrogens (tertiary/aromatic N) is 3. The van der Waals surface area contributed by atoms with Gasteiger partial charge in [-0.2, -0.15) is 18.4 Å². The number of benzene rings is 1. The number of hydrogen-bond donors (Lipinski definition) is 1. The first-order valence-electron chi connectivity index (χ1n) is 8.05. The van der Waals surface area contributed by atoms with Crippen LogP contribution in [-0.4, -0.2) is 28.5 Å². The monoisotopic (exact) mass is 480 g/mol. The van der Waals surface area contributed by atoms with Crippen LogP contribution < -0.4 is 10.1 Å². The fourth-order valence-corrected chi connectivity index (χ4v) is 3.57. The Balaban J connectivity index is 1.86. The van der Waals surface area contributed by atoms with Crippen LogP contribution in [0.5, 0.6) is 5.75 Å². The minimum Gasteiger partial charge on any atom is -0.495 e. The van der Waals surface area contributed by atoms with Crippen molar-refractivity contribution in [3.05, 3.63) is 52.3 Å². The van der Waals surface area contributed by atoms with Gasteiger partial charge in [0.2, 0.25) is 0 Å². The van der Waals surface area contributed by atoms with Crippen molar-refractivity contribution in [1.29, 1.82) is 5.26 Å². The highest BCUT2D eigenvalue weighted by atomic mass is 79.9. The summed E-state index contributed by atoms with van der Waals surface area (Å²) in [6.45, 7) is 0.146. The van der Waals surface area contributed by atoms with Gasteiger partial charge in [0.15, 0.2) is 5.65 Å². The summed E-state index contributed by atoms with van der Waals surface area (Å²) in [4.78, 5) is 4.23. The quantitative estimate of drug-likeness (QED) is 0.418. The van der Waals surface area contributed by atoms with Crippen LogP contribution in [0.3, 0.4) is 0 Å². The third-order valence-electron chi connectivity index (χ3n) is 3.68. The number of anilines is 1. The zero-order chi connectivity index (χ0) is 21.0. The molecule has 0 saturated heterocycles. The van der Waals surface area contributed by atoms with E-state index in [9.17, 15) is 13.2 Å². The van der Waals surface area contributed by atoms with Crippen molar-refractivity contribution in [2.75, 3.05) is 19.0 Å². The van der Waals surface area contributed by atoms with Crippen molar-refractivity contribution in [2.24, 2.45) is 0 Å².